The van der Waals surface area contributed by atoms with Crippen LogP contribution in [0.1, 0.15) is 51.5 Å². The largest absolute Gasteiger partial charge is 0.458 e. The maximum Gasteiger partial charge on any atom is 0.303 e. The number of esters is 2. The summed E-state index contributed by atoms with van der Waals surface area (Å²) in [5.74, 6) is -0.943. The molecule has 2 heterocycles. The van der Waals surface area contributed by atoms with Crippen LogP contribution in [0.3, 0.4) is 0 Å². The van der Waals surface area contributed by atoms with Gasteiger partial charge in [0, 0.05) is 26.0 Å². The van der Waals surface area contributed by atoms with Crippen molar-refractivity contribution >= 4 is 11.9 Å². The molecule has 6 nitrogen and oxygen atoms in total. The molecule has 132 valence electrons. The molecule has 0 bridgehead atoms. The highest BCUT2D eigenvalue weighted by molar-refractivity contribution is 5.67. The van der Waals surface area contributed by atoms with Gasteiger partial charge in [0.05, 0.1) is 11.8 Å². The third-order valence-corrected chi connectivity index (χ3v) is 4.28. The maximum atomic E-state index is 11.6. The second-order valence-electron chi connectivity index (χ2n) is 6.27. The Morgan fingerprint density at radius 2 is 1.83 bits per heavy atom. The molecule has 0 aromatic carbocycles. The molecular weight excluding hydrogens is 310 g/mol. The first-order chi connectivity index (χ1) is 11.3. The average Bonchev–Trinajstić information content (AvgIpc) is 2.50. The van der Waals surface area contributed by atoms with E-state index in [2.05, 4.69) is 4.98 Å². The molecule has 1 aliphatic heterocycles. The Kier molecular flexibility index (Phi) is 5.94. The number of aromatic nitrogens is 1. The predicted molar refractivity (Wildman–Crippen MR) is 87.2 cm³/mol. The van der Waals surface area contributed by atoms with Crippen molar-refractivity contribution in [1.29, 1.82) is 0 Å². The zero-order valence-electron chi connectivity index (χ0n) is 14.8. The van der Waals surface area contributed by atoms with Crippen molar-refractivity contribution in [2.45, 2.75) is 65.5 Å². The number of hydrogen-bond acceptors (Lipinski definition) is 6. The molecule has 1 aliphatic rings. The van der Waals surface area contributed by atoms with Crippen LogP contribution < -0.4 is 0 Å². The summed E-state index contributed by atoms with van der Waals surface area (Å²) in [5, 5.41) is 0. The molecule has 5 atom stereocenters. The van der Waals surface area contributed by atoms with E-state index < -0.39 is 30.3 Å². The average molecular weight is 335 g/mol. The summed E-state index contributed by atoms with van der Waals surface area (Å²) >= 11 is 0. The number of carbonyl (C=O) groups excluding carboxylic acids is 2. The fourth-order valence-corrected chi connectivity index (χ4v) is 3.18. The fourth-order valence-electron chi connectivity index (χ4n) is 3.18. The molecule has 6 heteroatoms. The van der Waals surface area contributed by atoms with Gasteiger partial charge in [0.25, 0.3) is 0 Å². The summed E-state index contributed by atoms with van der Waals surface area (Å²) in [6.45, 7) is 8.60. The molecule has 1 saturated heterocycles. The molecule has 0 N–H and O–H groups in total. The highest BCUT2D eigenvalue weighted by Gasteiger charge is 2.48. The van der Waals surface area contributed by atoms with Crippen molar-refractivity contribution in [3.63, 3.8) is 0 Å². The number of hydrogen-bond donors (Lipinski definition) is 0. The SMILES string of the molecule is CC[C@H]1O[C@H](c2cc(C)ccn2)[C@H](OC(C)=O)[C@@H](OC(C)=O)[C@@H]1C. The van der Waals surface area contributed by atoms with Gasteiger partial charge in [0.15, 0.2) is 6.10 Å². The maximum absolute atomic E-state index is 11.6. The van der Waals surface area contributed by atoms with Gasteiger partial charge in [-0.05, 0) is 31.0 Å². The van der Waals surface area contributed by atoms with Crippen LogP contribution in [0.25, 0.3) is 0 Å². The Bertz CT molecular complexity index is 603. The van der Waals surface area contributed by atoms with Crippen molar-refractivity contribution in [1.82, 2.24) is 4.98 Å². The van der Waals surface area contributed by atoms with E-state index >= 15 is 0 Å². The molecule has 0 unspecified atom stereocenters. The minimum Gasteiger partial charge on any atom is -0.458 e. The van der Waals surface area contributed by atoms with Crippen LogP contribution in [-0.2, 0) is 23.8 Å². The second kappa shape index (κ2) is 7.75. The second-order valence-corrected chi connectivity index (χ2v) is 6.27. The first-order valence-corrected chi connectivity index (χ1v) is 8.26. The van der Waals surface area contributed by atoms with Gasteiger partial charge in [0.2, 0.25) is 0 Å². The van der Waals surface area contributed by atoms with E-state index in [0.29, 0.717) is 5.69 Å². The Hall–Kier alpha value is -1.95. The lowest BCUT2D eigenvalue weighted by atomic mass is 9.85. The third kappa shape index (κ3) is 4.12. The highest BCUT2D eigenvalue weighted by atomic mass is 16.6. The van der Waals surface area contributed by atoms with Crippen LogP contribution in [-0.4, -0.2) is 35.2 Å². The van der Waals surface area contributed by atoms with Gasteiger partial charge in [-0.3, -0.25) is 14.6 Å². The zero-order valence-corrected chi connectivity index (χ0v) is 14.8. The van der Waals surface area contributed by atoms with Crippen LogP contribution in [0.4, 0.5) is 0 Å². The molecule has 1 aromatic rings. The van der Waals surface area contributed by atoms with E-state index in [1.54, 1.807) is 6.20 Å². The molecule has 0 saturated carbocycles. The summed E-state index contributed by atoms with van der Waals surface area (Å²) in [6.07, 6.45) is 0.468. The first kappa shape index (κ1) is 18.4. The molecular formula is C18H25NO5. The normalized spacial score (nSPS) is 29.8. The number of nitrogens with zero attached hydrogens (tertiary/aromatic N) is 1. The van der Waals surface area contributed by atoms with Crippen molar-refractivity contribution in [2.75, 3.05) is 0 Å². The van der Waals surface area contributed by atoms with Gasteiger partial charge in [-0.1, -0.05) is 13.8 Å². The summed E-state index contributed by atoms with van der Waals surface area (Å²) in [5.41, 5.74) is 1.70. The Morgan fingerprint density at radius 3 is 2.38 bits per heavy atom. The summed E-state index contributed by atoms with van der Waals surface area (Å²) in [4.78, 5) is 27.5. The van der Waals surface area contributed by atoms with Gasteiger partial charge in [-0.15, -0.1) is 0 Å². The Labute approximate surface area is 142 Å². The Balaban J connectivity index is 2.43. The molecule has 2 rings (SSSR count). The topological polar surface area (TPSA) is 74.7 Å². The monoisotopic (exact) mass is 335 g/mol. The third-order valence-electron chi connectivity index (χ3n) is 4.28. The number of rotatable bonds is 4. The van der Waals surface area contributed by atoms with Gasteiger partial charge in [-0.2, -0.15) is 0 Å². The summed E-state index contributed by atoms with van der Waals surface area (Å²) in [7, 11) is 0. The molecule has 1 fully saturated rings. The van der Waals surface area contributed by atoms with Crippen molar-refractivity contribution < 1.29 is 23.8 Å². The van der Waals surface area contributed by atoms with Crippen molar-refractivity contribution in [3.05, 3.63) is 29.6 Å². The van der Waals surface area contributed by atoms with Crippen LogP contribution >= 0.6 is 0 Å². The zero-order chi connectivity index (χ0) is 17.9. The lowest BCUT2D eigenvalue weighted by Gasteiger charge is -2.44. The van der Waals surface area contributed by atoms with Crippen LogP contribution in [0, 0.1) is 12.8 Å². The van der Waals surface area contributed by atoms with E-state index in [-0.39, 0.29) is 12.0 Å². The van der Waals surface area contributed by atoms with Crippen LogP contribution in [0.2, 0.25) is 0 Å². The van der Waals surface area contributed by atoms with E-state index in [1.165, 1.54) is 13.8 Å². The van der Waals surface area contributed by atoms with Crippen molar-refractivity contribution in [2.24, 2.45) is 5.92 Å². The Morgan fingerprint density at radius 1 is 1.21 bits per heavy atom. The first-order valence-electron chi connectivity index (χ1n) is 8.26. The van der Waals surface area contributed by atoms with E-state index in [9.17, 15) is 9.59 Å². The highest BCUT2D eigenvalue weighted by Crippen LogP contribution is 2.39. The summed E-state index contributed by atoms with van der Waals surface area (Å²) < 4.78 is 17.2. The summed E-state index contributed by atoms with van der Waals surface area (Å²) in [6, 6.07) is 3.78. The molecule has 0 amide bonds. The number of ether oxygens (including phenoxy) is 3. The van der Waals surface area contributed by atoms with E-state index in [0.717, 1.165) is 12.0 Å². The predicted octanol–water partition coefficient (Wildman–Crippen LogP) is 2.74. The number of carbonyl (C=O) groups is 2. The van der Waals surface area contributed by atoms with Crippen LogP contribution in [0.5, 0.6) is 0 Å². The number of pyridine rings is 1. The van der Waals surface area contributed by atoms with E-state index in [4.69, 9.17) is 14.2 Å². The lowest BCUT2D eigenvalue weighted by molar-refractivity contribution is -0.226. The molecule has 24 heavy (non-hydrogen) atoms. The van der Waals surface area contributed by atoms with Gasteiger partial charge >= 0.3 is 11.9 Å². The molecule has 0 spiro atoms. The van der Waals surface area contributed by atoms with Crippen LogP contribution in [0.15, 0.2) is 18.3 Å². The van der Waals surface area contributed by atoms with Gasteiger partial charge in [-0.25, -0.2) is 0 Å². The fraction of sp³-hybridized carbons (Fsp3) is 0.611. The minimum absolute atomic E-state index is 0.0932. The standard InChI is InChI=1S/C18H25NO5/c1-6-15-11(3)16(22-12(4)20)18(23-13(5)21)17(24-15)14-9-10(2)7-8-19-14/h7-9,11,15-18H,6H2,1-5H3/t11-,15-,16+,17-,18-/m1/s1. The molecule has 1 aromatic heterocycles. The van der Waals surface area contributed by atoms with Crippen molar-refractivity contribution in [3.8, 4) is 0 Å². The minimum atomic E-state index is -0.724. The van der Waals surface area contributed by atoms with Gasteiger partial charge < -0.3 is 14.2 Å². The number of aryl methyl sites for hydroxylation is 1. The van der Waals surface area contributed by atoms with Gasteiger partial charge in [0.1, 0.15) is 12.2 Å². The van der Waals surface area contributed by atoms with E-state index in [1.807, 2.05) is 32.9 Å². The molecule has 0 aliphatic carbocycles. The smallest absolute Gasteiger partial charge is 0.303 e. The quantitative estimate of drug-likeness (QED) is 0.788. The molecule has 0 radical (unpaired) electrons. The lowest BCUT2D eigenvalue weighted by Crippen LogP contribution is -2.53.